The molecule has 1 amide bonds. The molecule has 0 aliphatic heterocycles. The molecule has 2 aromatic rings. The maximum absolute atomic E-state index is 13.0. The van der Waals surface area contributed by atoms with Crippen LogP contribution in [0.25, 0.3) is 0 Å². The smallest absolute Gasteiger partial charge is 0.347 e. The van der Waals surface area contributed by atoms with E-state index in [1.165, 1.54) is 18.2 Å². The van der Waals surface area contributed by atoms with E-state index in [-0.39, 0.29) is 17.0 Å². The SMILES string of the molecule is Cc1nc(CC(=O)Nc2cccc(F)c2)c(C(=O)O)s1. The molecule has 1 aromatic carbocycles. The van der Waals surface area contributed by atoms with Crippen molar-refractivity contribution in [3.63, 3.8) is 0 Å². The van der Waals surface area contributed by atoms with Gasteiger partial charge in [0.25, 0.3) is 0 Å². The fourth-order valence-electron chi connectivity index (χ4n) is 1.68. The van der Waals surface area contributed by atoms with Crippen molar-refractivity contribution in [3.05, 3.63) is 45.7 Å². The molecule has 0 aliphatic rings. The van der Waals surface area contributed by atoms with Crippen molar-refractivity contribution in [2.45, 2.75) is 13.3 Å². The summed E-state index contributed by atoms with van der Waals surface area (Å²) in [5.74, 6) is -2.01. The van der Waals surface area contributed by atoms with E-state index < -0.39 is 17.7 Å². The molecular formula is C13H11FN2O3S. The van der Waals surface area contributed by atoms with Crippen molar-refractivity contribution in [1.82, 2.24) is 4.98 Å². The minimum Gasteiger partial charge on any atom is -0.477 e. The third kappa shape index (κ3) is 3.39. The molecule has 2 N–H and O–H groups in total. The Morgan fingerprint density at radius 2 is 2.20 bits per heavy atom. The van der Waals surface area contributed by atoms with E-state index in [2.05, 4.69) is 10.3 Å². The second-order valence-electron chi connectivity index (χ2n) is 4.05. The standard InChI is InChI=1S/C13H11FN2O3S/c1-7-15-10(12(20-7)13(18)19)6-11(17)16-9-4-2-3-8(14)5-9/h2-5H,6H2,1H3,(H,16,17)(H,18,19). The predicted molar refractivity (Wildman–Crippen MR) is 72.5 cm³/mol. The van der Waals surface area contributed by atoms with E-state index in [4.69, 9.17) is 5.11 Å². The van der Waals surface area contributed by atoms with E-state index in [0.29, 0.717) is 10.7 Å². The second-order valence-corrected chi connectivity index (χ2v) is 5.25. The van der Waals surface area contributed by atoms with Crippen LogP contribution in [-0.4, -0.2) is 22.0 Å². The summed E-state index contributed by atoms with van der Waals surface area (Å²) in [5, 5.41) is 12.1. The number of carboxylic acid groups (broad SMARTS) is 1. The van der Waals surface area contributed by atoms with Crippen LogP contribution >= 0.6 is 11.3 Å². The molecule has 0 atom stereocenters. The monoisotopic (exact) mass is 294 g/mol. The van der Waals surface area contributed by atoms with Crippen LogP contribution in [0.3, 0.4) is 0 Å². The molecule has 2 rings (SSSR count). The van der Waals surface area contributed by atoms with Crippen LogP contribution < -0.4 is 5.32 Å². The van der Waals surface area contributed by atoms with Crippen LogP contribution in [0.1, 0.15) is 20.4 Å². The lowest BCUT2D eigenvalue weighted by atomic mass is 10.2. The molecule has 1 heterocycles. The van der Waals surface area contributed by atoms with Gasteiger partial charge in [0.2, 0.25) is 5.91 Å². The Morgan fingerprint density at radius 3 is 2.85 bits per heavy atom. The van der Waals surface area contributed by atoms with Crippen LogP contribution in [0.2, 0.25) is 0 Å². The van der Waals surface area contributed by atoms with Crippen LogP contribution in [0.15, 0.2) is 24.3 Å². The quantitative estimate of drug-likeness (QED) is 0.908. The first-order valence-corrected chi connectivity index (χ1v) is 6.52. The van der Waals surface area contributed by atoms with Gasteiger partial charge in [-0.05, 0) is 25.1 Å². The van der Waals surface area contributed by atoms with Gasteiger partial charge in [0, 0.05) is 5.69 Å². The number of rotatable bonds is 4. The Morgan fingerprint density at radius 1 is 1.45 bits per heavy atom. The molecule has 0 aliphatic carbocycles. The normalized spacial score (nSPS) is 10.3. The van der Waals surface area contributed by atoms with Gasteiger partial charge in [-0.2, -0.15) is 0 Å². The zero-order valence-corrected chi connectivity index (χ0v) is 11.3. The van der Waals surface area contributed by atoms with Gasteiger partial charge in [-0.1, -0.05) is 6.07 Å². The molecule has 104 valence electrons. The van der Waals surface area contributed by atoms with Gasteiger partial charge < -0.3 is 10.4 Å². The van der Waals surface area contributed by atoms with Crippen molar-refractivity contribution in [2.75, 3.05) is 5.32 Å². The minimum absolute atomic E-state index is 0.0527. The summed E-state index contributed by atoms with van der Waals surface area (Å²) in [6.07, 6.45) is -0.164. The van der Waals surface area contributed by atoms with Crippen molar-refractivity contribution < 1.29 is 19.1 Å². The zero-order chi connectivity index (χ0) is 14.7. The van der Waals surface area contributed by atoms with Crippen molar-refractivity contribution >= 4 is 28.9 Å². The van der Waals surface area contributed by atoms with E-state index in [9.17, 15) is 14.0 Å². The maximum Gasteiger partial charge on any atom is 0.347 e. The van der Waals surface area contributed by atoms with Gasteiger partial charge >= 0.3 is 5.97 Å². The fraction of sp³-hybridized carbons (Fsp3) is 0.154. The molecule has 0 bridgehead atoms. The van der Waals surface area contributed by atoms with Crippen molar-refractivity contribution in [1.29, 1.82) is 0 Å². The van der Waals surface area contributed by atoms with E-state index in [1.807, 2.05) is 0 Å². The van der Waals surface area contributed by atoms with Crippen molar-refractivity contribution in [3.8, 4) is 0 Å². The Kier molecular flexibility index (Phi) is 4.09. The highest BCUT2D eigenvalue weighted by molar-refractivity contribution is 7.13. The molecule has 20 heavy (non-hydrogen) atoms. The molecule has 0 saturated heterocycles. The molecule has 0 fully saturated rings. The summed E-state index contributed by atoms with van der Waals surface area (Å²) >= 11 is 1.02. The first kappa shape index (κ1) is 14.1. The summed E-state index contributed by atoms with van der Waals surface area (Å²) in [7, 11) is 0. The Labute approximate surface area is 118 Å². The zero-order valence-electron chi connectivity index (χ0n) is 10.5. The number of anilines is 1. The highest BCUT2D eigenvalue weighted by atomic mass is 32.1. The topological polar surface area (TPSA) is 79.3 Å². The van der Waals surface area contributed by atoms with Crippen LogP contribution in [0.5, 0.6) is 0 Å². The van der Waals surface area contributed by atoms with Crippen LogP contribution in [0.4, 0.5) is 10.1 Å². The number of thiazole rings is 1. The Hall–Kier alpha value is -2.28. The number of nitrogens with one attached hydrogen (secondary N) is 1. The summed E-state index contributed by atoms with van der Waals surface area (Å²) in [6, 6.07) is 5.47. The molecule has 0 unspecified atom stereocenters. The minimum atomic E-state index is -1.11. The highest BCUT2D eigenvalue weighted by Gasteiger charge is 2.18. The lowest BCUT2D eigenvalue weighted by Crippen LogP contribution is -2.16. The van der Waals surface area contributed by atoms with E-state index in [1.54, 1.807) is 13.0 Å². The summed E-state index contributed by atoms with van der Waals surface area (Å²) in [6.45, 7) is 1.67. The van der Waals surface area contributed by atoms with Gasteiger partial charge in [-0.3, -0.25) is 4.79 Å². The highest BCUT2D eigenvalue weighted by Crippen LogP contribution is 2.19. The summed E-state index contributed by atoms with van der Waals surface area (Å²) in [4.78, 5) is 26.9. The number of carbonyl (C=O) groups excluding carboxylic acids is 1. The molecular weight excluding hydrogens is 283 g/mol. The van der Waals surface area contributed by atoms with Gasteiger partial charge in [-0.15, -0.1) is 11.3 Å². The lowest BCUT2D eigenvalue weighted by Gasteiger charge is -2.04. The summed E-state index contributed by atoms with van der Waals surface area (Å²) < 4.78 is 13.0. The van der Waals surface area contributed by atoms with Crippen LogP contribution in [-0.2, 0) is 11.2 Å². The lowest BCUT2D eigenvalue weighted by molar-refractivity contribution is -0.115. The number of hydrogen-bond acceptors (Lipinski definition) is 4. The number of aromatic nitrogens is 1. The third-order valence-electron chi connectivity index (χ3n) is 2.43. The van der Waals surface area contributed by atoms with Crippen molar-refractivity contribution in [2.24, 2.45) is 0 Å². The molecule has 5 nitrogen and oxygen atoms in total. The van der Waals surface area contributed by atoms with Gasteiger partial charge in [0.05, 0.1) is 17.1 Å². The number of hydrogen-bond donors (Lipinski definition) is 2. The van der Waals surface area contributed by atoms with Gasteiger partial charge in [0.1, 0.15) is 10.7 Å². The molecule has 0 radical (unpaired) electrons. The first-order valence-electron chi connectivity index (χ1n) is 5.70. The second kappa shape index (κ2) is 5.79. The molecule has 1 aromatic heterocycles. The Balaban J connectivity index is 2.10. The average Bonchev–Trinajstić information content (AvgIpc) is 2.70. The number of halogens is 1. The first-order chi connectivity index (χ1) is 9.45. The molecule has 7 heteroatoms. The molecule has 0 spiro atoms. The van der Waals surface area contributed by atoms with Gasteiger partial charge in [0.15, 0.2) is 0 Å². The summed E-state index contributed by atoms with van der Waals surface area (Å²) in [5.41, 5.74) is 0.535. The number of amides is 1. The van der Waals surface area contributed by atoms with Crippen LogP contribution in [0, 0.1) is 12.7 Å². The van der Waals surface area contributed by atoms with E-state index >= 15 is 0 Å². The maximum atomic E-state index is 13.0. The predicted octanol–water partition coefficient (Wildman–Crippen LogP) is 2.47. The number of aryl methyl sites for hydroxylation is 1. The number of benzene rings is 1. The van der Waals surface area contributed by atoms with Gasteiger partial charge in [-0.25, -0.2) is 14.2 Å². The van der Waals surface area contributed by atoms with E-state index in [0.717, 1.165) is 11.3 Å². The number of carbonyl (C=O) groups is 2. The third-order valence-corrected chi connectivity index (χ3v) is 3.44. The molecule has 0 saturated carbocycles. The average molecular weight is 294 g/mol. The number of aromatic carboxylic acids is 1. The number of carboxylic acids is 1. The largest absolute Gasteiger partial charge is 0.477 e. The number of nitrogens with zero attached hydrogens (tertiary/aromatic N) is 1. The Bertz CT molecular complexity index is 669. The fourth-order valence-corrected chi connectivity index (χ4v) is 2.45.